The van der Waals surface area contributed by atoms with E-state index in [2.05, 4.69) is 27.6 Å². The fourth-order valence-corrected chi connectivity index (χ4v) is 4.55. The highest BCUT2D eigenvalue weighted by Gasteiger charge is 2.25. The standard InChI is InChI=1S/C30H44N4O10.C7H5NO4.C3H9N/c1-22(2)29(30(39)31-20-26(36)32-24-6-4-23(5-7-24)21-40-3)33-25(35)10-12-41-14-16-43-18-19-44-17-15-42-13-11-34-27(37)8-9-28(34)38;9-5-12-7-3-1-6(2-4-7)8(10)11;1-2-3-4/h4-9,22,29H,10-21H2,1-3H3,(H,31,39)(H,32,36)(H,33,35);1-5H;2-4H2,1H3. The molecule has 332 valence electrons. The Balaban J connectivity index is 0.000000935. The average molecular weight is 847 g/mol. The maximum Gasteiger partial charge on any atom is 0.298 e. The molecule has 60 heavy (non-hydrogen) atoms. The van der Waals surface area contributed by atoms with Crippen molar-refractivity contribution < 1.29 is 62.1 Å². The van der Waals surface area contributed by atoms with Gasteiger partial charge in [0.2, 0.25) is 17.7 Å². The molecule has 3 rings (SSSR count). The second kappa shape index (κ2) is 32.2. The minimum absolute atomic E-state index is 0.0340. The van der Waals surface area contributed by atoms with Gasteiger partial charge in [0.25, 0.3) is 24.0 Å². The van der Waals surface area contributed by atoms with Gasteiger partial charge in [0.05, 0.1) is 77.5 Å². The second-order valence-electron chi connectivity index (χ2n) is 12.8. The van der Waals surface area contributed by atoms with Crippen molar-refractivity contribution in [1.29, 1.82) is 0 Å². The highest BCUT2D eigenvalue weighted by atomic mass is 16.6. The van der Waals surface area contributed by atoms with Crippen LogP contribution in [0.1, 0.15) is 39.2 Å². The average Bonchev–Trinajstić information content (AvgIpc) is 3.55. The molecule has 0 saturated heterocycles. The van der Waals surface area contributed by atoms with Crippen LogP contribution in [0.4, 0.5) is 11.4 Å². The van der Waals surface area contributed by atoms with E-state index in [1.54, 1.807) is 33.1 Å². The van der Waals surface area contributed by atoms with Crippen molar-refractivity contribution >= 4 is 47.4 Å². The molecule has 0 aliphatic carbocycles. The highest BCUT2D eigenvalue weighted by molar-refractivity contribution is 6.12. The SMILES string of the molecule is CCCN.COCc1ccc(NC(=O)CNC(=O)C(NC(=O)CCOCCOCCOCCOCCN2C(=O)C=CC2=O)C(C)C)cc1.O=COc1ccc([N+](=O)[O-])cc1. The molecule has 0 spiro atoms. The molecule has 5 N–H and O–H groups in total. The molecule has 20 heteroatoms. The van der Waals surface area contributed by atoms with Gasteiger partial charge in [-0.1, -0.05) is 32.9 Å². The highest BCUT2D eigenvalue weighted by Crippen LogP contribution is 2.16. The number of hydrogen-bond acceptors (Lipinski definition) is 15. The molecule has 0 fully saturated rings. The first kappa shape index (κ1) is 52.4. The number of nitro benzene ring substituents is 1. The fraction of sp³-hybridized carbons (Fsp3) is 0.500. The molecule has 1 atom stereocenters. The Morgan fingerprint density at radius 3 is 1.85 bits per heavy atom. The predicted molar refractivity (Wildman–Crippen MR) is 218 cm³/mol. The summed E-state index contributed by atoms with van der Waals surface area (Å²) in [6, 6.07) is 11.6. The van der Waals surface area contributed by atoms with Crippen molar-refractivity contribution in [3.8, 4) is 5.75 Å². The summed E-state index contributed by atoms with van der Waals surface area (Å²) in [7, 11) is 1.60. The molecule has 0 radical (unpaired) electrons. The topological polar surface area (TPSA) is 266 Å². The summed E-state index contributed by atoms with van der Waals surface area (Å²) in [5.41, 5.74) is 6.56. The summed E-state index contributed by atoms with van der Waals surface area (Å²) < 4.78 is 31.1. The molecule has 0 aromatic heterocycles. The number of amides is 5. The first-order valence-electron chi connectivity index (χ1n) is 19.2. The Morgan fingerprint density at radius 2 is 1.37 bits per heavy atom. The van der Waals surface area contributed by atoms with E-state index in [4.69, 9.17) is 29.4 Å². The first-order chi connectivity index (χ1) is 28.9. The quantitative estimate of drug-likeness (QED) is 0.0329. The molecule has 2 aromatic carbocycles. The van der Waals surface area contributed by atoms with E-state index >= 15 is 0 Å². The number of imide groups is 1. The fourth-order valence-electron chi connectivity index (χ4n) is 4.55. The zero-order valence-corrected chi connectivity index (χ0v) is 34.6. The van der Waals surface area contributed by atoms with Crippen LogP contribution < -0.4 is 26.4 Å². The lowest BCUT2D eigenvalue weighted by Gasteiger charge is -2.21. The molecule has 1 aliphatic rings. The maximum atomic E-state index is 12.6. The normalized spacial score (nSPS) is 12.1. The van der Waals surface area contributed by atoms with Gasteiger partial charge in [-0.25, -0.2) is 0 Å². The Bertz CT molecular complexity index is 1600. The van der Waals surface area contributed by atoms with Crippen LogP contribution in [0.15, 0.2) is 60.7 Å². The second-order valence-corrected chi connectivity index (χ2v) is 12.8. The minimum Gasteiger partial charge on any atom is -0.429 e. The number of benzene rings is 2. The van der Waals surface area contributed by atoms with Crippen LogP contribution in [0.5, 0.6) is 5.75 Å². The van der Waals surface area contributed by atoms with Crippen LogP contribution in [-0.2, 0) is 59.1 Å². The number of nitrogens with two attached hydrogens (primary N) is 1. The lowest BCUT2D eigenvalue weighted by atomic mass is 10.0. The van der Waals surface area contributed by atoms with E-state index in [1.807, 2.05) is 12.1 Å². The van der Waals surface area contributed by atoms with Crippen molar-refractivity contribution in [3.63, 3.8) is 0 Å². The lowest BCUT2D eigenvalue weighted by Crippen LogP contribution is -2.51. The molecule has 2 aromatic rings. The number of nitrogens with zero attached hydrogens (tertiary/aromatic N) is 2. The minimum atomic E-state index is -0.798. The van der Waals surface area contributed by atoms with Crippen molar-refractivity contribution in [2.75, 3.05) is 84.9 Å². The monoisotopic (exact) mass is 846 g/mol. The lowest BCUT2D eigenvalue weighted by molar-refractivity contribution is -0.384. The summed E-state index contributed by atoms with van der Waals surface area (Å²) in [4.78, 5) is 80.7. The van der Waals surface area contributed by atoms with E-state index in [-0.39, 0.29) is 86.8 Å². The van der Waals surface area contributed by atoms with Gasteiger partial charge in [-0.3, -0.25) is 43.8 Å². The molecule has 1 aliphatic heterocycles. The number of methoxy groups -OCH3 is 1. The zero-order chi connectivity index (χ0) is 44.5. The Kier molecular flexibility index (Phi) is 28.1. The molecule has 1 heterocycles. The first-order valence-corrected chi connectivity index (χ1v) is 19.2. The Hall–Kier alpha value is -5.64. The molecule has 1 unspecified atom stereocenters. The molecule has 5 amide bonds. The summed E-state index contributed by atoms with van der Waals surface area (Å²) in [5, 5.41) is 18.2. The summed E-state index contributed by atoms with van der Waals surface area (Å²) in [6.07, 6.45) is 3.63. The number of nitrogens with one attached hydrogen (secondary N) is 3. The number of hydrogen-bond donors (Lipinski definition) is 4. The Labute approximate surface area is 349 Å². The Morgan fingerprint density at radius 1 is 0.833 bits per heavy atom. The van der Waals surface area contributed by atoms with Gasteiger partial charge < -0.3 is 50.1 Å². The summed E-state index contributed by atoms with van der Waals surface area (Å²) in [5.74, 6) is -1.75. The number of carbonyl (C=O) groups is 6. The smallest absolute Gasteiger partial charge is 0.298 e. The summed E-state index contributed by atoms with van der Waals surface area (Å²) in [6.45, 7) is 9.60. The maximum absolute atomic E-state index is 12.6. The number of carbonyl (C=O) groups excluding carboxylic acids is 6. The van der Waals surface area contributed by atoms with Gasteiger partial charge in [0, 0.05) is 43.5 Å². The zero-order valence-electron chi connectivity index (χ0n) is 34.6. The van der Waals surface area contributed by atoms with E-state index in [9.17, 15) is 38.9 Å². The largest absolute Gasteiger partial charge is 0.429 e. The van der Waals surface area contributed by atoms with Crippen molar-refractivity contribution in [2.24, 2.45) is 11.7 Å². The van der Waals surface area contributed by atoms with E-state index in [0.717, 1.165) is 23.4 Å². The van der Waals surface area contributed by atoms with E-state index < -0.39 is 16.9 Å². The van der Waals surface area contributed by atoms with Gasteiger partial charge in [-0.15, -0.1) is 0 Å². The molecule has 0 saturated carbocycles. The van der Waals surface area contributed by atoms with Crippen LogP contribution in [0, 0.1) is 16.0 Å². The van der Waals surface area contributed by atoms with Gasteiger partial charge in [0.1, 0.15) is 11.8 Å². The van der Waals surface area contributed by atoms with E-state index in [0.29, 0.717) is 45.3 Å². The van der Waals surface area contributed by atoms with Crippen LogP contribution >= 0.6 is 0 Å². The van der Waals surface area contributed by atoms with Crippen molar-refractivity contribution in [2.45, 2.75) is 46.3 Å². The van der Waals surface area contributed by atoms with E-state index in [1.165, 1.54) is 36.4 Å². The predicted octanol–water partition coefficient (Wildman–Crippen LogP) is 1.90. The molecule has 20 nitrogen and oxygen atoms in total. The third-order valence-corrected chi connectivity index (χ3v) is 7.71. The number of rotatable bonds is 27. The van der Waals surface area contributed by atoms with Crippen LogP contribution in [-0.4, -0.2) is 131 Å². The molecule has 0 bridgehead atoms. The van der Waals surface area contributed by atoms with Crippen LogP contribution in [0.25, 0.3) is 0 Å². The number of anilines is 1. The van der Waals surface area contributed by atoms with Crippen LogP contribution in [0.2, 0.25) is 0 Å². The summed E-state index contributed by atoms with van der Waals surface area (Å²) >= 11 is 0. The number of ether oxygens (including phenoxy) is 6. The third-order valence-electron chi connectivity index (χ3n) is 7.71. The number of non-ortho nitro benzene ring substituents is 1. The molecular weight excluding hydrogens is 788 g/mol. The number of nitro groups is 1. The van der Waals surface area contributed by atoms with Gasteiger partial charge >= 0.3 is 0 Å². The molecular formula is C40H58N6O14. The third kappa shape index (κ3) is 23.7. The van der Waals surface area contributed by atoms with Crippen molar-refractivity contribution in [3.05, 3.63) is 76.4 Å². The van der Waals surface area contributed by atoms with Crippen molar-refractivity contribution in [1.82, 2.24) is 15.5 Å². The van der Waals surface area contributed by atoms with Crippen LogP contribution in [0.3, 0.4) is 0 Å². The van der Waals surface area contributed by atoms with Gasteiger partial charge in [-0.2, -0.15) is 0 Å². The van der Waals surface area contributed by atoms with Gasteiger partial charge in [0.15, 0.2) is 0 Å². The van der Waals surface area contributed by atoms with Gasteiger partial charge in [-0.05, 0) is 48.7 Å².